The Morgan fingerprint density at radius 1 is 1.20 bits per heavy atom. The predicted molar refractivity (Wildman–Crippen MR) is 84.7 cm³/mol. The van der Waals surface area contributed by atoms with E-state index in [4.69, 9.17) is 0 Å². The quantitative estimate of drug-likeness (QED) is 0.555. The number of nitrogens with one attached hydrogen (secondary N) is 1. The van der Waals surface area contributed by atoms with Gasteiger partial charge in [0.15, 0.2) is 0 Å². The lowest BCUT2D eigenvalue weighted by molar-refractivity contribution is -0.140. The van der Waals surface area contributed by atoms with Gasteiger partial charge in [0.2, 0.25) is 0 Å². The largest absolute Gasteiger partial charge is 0.469 e. The van der Waals surface area contributed by atoms with Gasteiger partial charge in [-0.25, -0.2) is 0 Å². The molecule has 0 saturated heterocycles. The molecule has 0 heterocycles. The van der Waals surface area contributed by atoms with Crippen molar-refractivity contribution in [3.63, 3.8) is 0 Å². The van der Waals surface area contributed by atoms with Crippen LogP contribution in [0.25, 0.3) is 0 Å². The van der Waals surface area contributed by atoms with E-state index in [1.54, 1.807) is 6.07 Å². The minimum atomic E-state index is -0.188. The smallest absolute Gasteiger partial charge is 0.305 e. The van der Waals surface area contributed by atoms with Crippen molar-refractivity contribution >= 4 is 43.7 Å². The van der Waals surface area contributed by atoms with Gasteiger partial charge < -0.3 is 10.1 Å². The minimum Gasteiger partial charge on any atom is -0.469 e. The third-order valence-corrected chi connectivity index (χ3v) is 3.93. The lowest BCUT2D eigenvalue weighted by Gasteiger charge is -2.07. The molecular weight excluding hydrogens is 390 g/mol. The average Bonchev–Trinajstić information content (AvgIpc) is 2.44. The maximum Gasteiger partial charge on any atom is 0.305 e. The highest BCUT2D eigenvalue weighted by molar-refractivity contribution is 9.11. The van der Waals surface area contributed by atoms with Crippen molar-refractivity contribution in [2.45, 2.75) is 25.7 Å². The number of carbonyl (C=O) groups is 2. The number of halogens is 2. The molecule has 0 bridgehead atoms. The van der Waals surface area contributed by atoms with Crippen LogP contribution in [-0.2, 0) is 9.53 Å². The number of hydrogen-bond acceptors (Lipinski definition) is 3. The van der Waals surface area contributed by atoms with Crippen LogP contribution in [0, 0.1) is 0 Å². The molecule has 0 aromatic heterocycles. The molecule has 1 aromatic carbocycles. The van der Waals surface area contributed by atoms with Gasteiger partial charge in [0.1, 0.15) is 0 Å². The maximum absolute atomic E-state index is 12.0. The number of hydrogen-bond donors (Lipinski definition) is 1. The summed E-state index contributed by atoms with van der Waals surface area (Å²) in [4.78, 5) is 22.9. The van der Waals surface area contributed by atoms with Crippen LogP contribution < -0.4 is 5.32 Å². The molecule has 0 aliphatic rings. The molecule has 6 heteroatoms. The lowest BCUT2D eigenvalue weighted by atomic mass is 10.2. The van der Waals surface area contributed by atoms with Crippen molar-refractivity contribution in [1.82, 2.24) is 5.32 Å². The van der Waals surface area contributed by atoms with Gasteiger partial charge in [-0.1, -0.05) is 22.4 Å². The Labute approximate surface area is 135 Å². The number of esters is 1. The zero-order valence-corrected chi connectivity index (χ0v) is 14.4. The van der Waals surface area contributed by atoms with Crippen LogP contribution >= 0.6 is 31.9 Å². The molecule has 1 rings (SSSR count). The van der Waals surface area contributed by atoms with E-state index in [1.807, 2.05) is 12.1 Å². The molecular formula is C14H17Br2NO3. The Kier molecular flexibility index (Phi) is 7.84. The van der Waals surface area contributed by atoms with Crippen molar-refractivity contribution in [2.24, 2.45) is 0 Å². The van der Waals surface area contributed by atoms with Crippen LogP contribution in [0.2, 0.25) is 0 Å². The zero-order chi connectivity index (χ0) is 15.0. The van der Waals surface area contributed by atoms with E-state index < -0.39 is 0 Å². The van der Waals surface area contributed by atoms with E-state index >= 15 is 0 Å². The molecule has 0 radical (unpaired) electrons. The number of amides is 1. The molecule has 0 aliphatic carbocycles. The summed E-state index contributed by atoms with van der Waals surface area (Å²) in [6, 6.07) is 5.47. The number of unbranched alkanes of at least 4 members (excludes halogenated alkanes) is 2. The Morgan fingerprint density at radius 2 is 1.95 bits per heavy atom. The van der Waals surface area contributed by atoms with Crippen LogP contribution in [0.4, 0.5) is 0 Å². The fourth-order valence-electron chi connectivity index (χ4n) is 1.64. The molecule has 4 nitrogen and oxygen atoms in total. The van der Waals surface area contributed by atoms with Gasteiger partial charge in [-0.3, -0.25) is 9.59 Å². The van der Waals surface area contributed by atoms with E-state index in [2.05, 4.69) is 41.9 Å². The second kappa shape index (κ2) is 9.13. The van der Waals surface area contributed by atoms with Gasteiger partial charge >= 0.3 is 5.97 Å². The van der Waals surface area contributed by atoms with Gasteiger partial charge in [-0.15, -0.1) is 0 Å². The summed E-state index contributed by atoms with van der Waals surface area (Å²) >= 11 is 6.70. The zero-order valence-electron chi connectivity index (χ0n) is 11.2. The highest BCUT2D eigenvalue weighted by Gasteiger charge is 2.09. The van der Waals surface area contributed by atoms with Gasteiger partial charge in [0, 0.05) is 21.9 Å². The number of rotatable bonds is 7. The fourth-order valence-corrected chi connectivity index (χ4v) is 2.43. The molecule has 1 aromatic rings. The van der Waals surface area contributed by atoms with Crippen molar-refractivity contribution in [2.75, 3.05) is 13.7 Å². The van der Waals surface area contributed by atoms with E-state index in [9.17, 15) is 9.59 Å². The van der Waals surface area contributed by atoms with Crippen LogP contribution in [-0.4, -0.2) is 25.5 Å². The third-order valence-electron chi connectivity index (χ3n) is 2.74. The summed E-state index contributed by atoms with van der Waals surface area (Å²) in [5.74, 6) is -0.293. The molecule has 0 saturated carbocycles. The van der Waals surface area contributed by atoms with Gasteiger partial charge in [0.05, 0.1) is 12.7 Å². The van der Waals surface area contributed by atoms with E-state index in [0.717, 1.165) is 28.2 Å². The fraction of sp³-hybridized carbons (Fsp3) is 0.429. The molecule has 20 heavy (non-hydrogen) atoms. The first-order valence-corrected chi connectivity index (χ1v) is 7.93. The number of ether oxygens (including phenoxy) is 1. The summed E-state index contributed by atoms with van der Waals surface area (Å²) in [6.07, 6.45) is 2.94. The van der Waals surface area contributed by atoms with Gasteiger partial charge in [-0.05, 0) is 47.0 Å². The summed E-state index contributed by atoms with van der Waals surface area (Å²) < 4.78 is 6.19. The Bertz CT molecular complexity index is 477. The maximum atomic E-state index is 12.0. The number of benzene rings is 1. The Morgan fingerprint density at radius 3 is 2.65 bits per heavy atom. The highest BCUT2D eigenvalue weighted by atomic mass is 79.9. The molecule has 110 valence electrons. The molecule has 0 aliphatic heterocycles. The van der Waals surface area contributed by atoms with Crippen molar-refractivity contribution in [3.8, 4) is 0 Å². The summed E-state index contributed by atoms with van der Waals surface area (Å²) in [6.45, 7) is 0.596. The normalized spacial score (nSPS) is 10.2. The van der Waals surface area contributed by atoms with Gasteiger partial charge in [0.25, 0.3) is 5.91 Å². The molecule has 0 atom stereocenters. The summed E-state index contributed by atoms with van der Waals surface area (Å²) in [5, 5.41) is 2.86. The van der Waals surface area contributed by atoms with E-state index in [1.165, 1.54) is 7.11 Å². The van der Waals surface area contributed by atoms with Crippen molar-refractivity contribution in [3.05, 3.63) is 32.7 Å². The second-order valence-electron chi connectivity index (χ2n) is 4.27. The third kappa shape index (κ3) is 6.05. The number of methoxy groups -OCH3 is 1. The van der Waals surface area contributed by atoms with Crippen LogP contribution in [0.1, 0.15) is 36.0 Å². The Hall–Kier alpha value is -0.880. The Balaban J connectivity index is 2.27. The first-order valence-electron chi connectivity index (χ1n) is 6.34. The predicted octanol–water partition coefficient (Wildman–Crippen LogP) is 3.67. The summed E-state index contributed by atoms with van der Waals surface area (Å²) in [7, 11) is 1.39. The van der Waals surface area contributed by atoms with E-state index in [0.29, 0.717) is 18.5 Å². The monoisotopic (exact) mass is 405 g/mol. The minimum absolute atomic E-state index is 0.105. The topological polar surface area (TPSA) is 55.4 Å². The SMILES string of the molecule is COC(=O)CCCCCNC(=O)c1cc(Br)ccc1Br. The van der Waals surface area contributed by atoms with E-state index in [-0.39, 0.29) is 11.9 Å². The molecule has 1 N–H and O–H groups in total. The first kappa shape index (κ1) is 17.2. The van der Waals surface area contributed by atoms with Crippen LogP contribution in [0.3, 0.4) is 0 Å². The molecule has 0 unspecified atom stereocenters. The molecule has 0 fully saturated rings. The van der Waals surface area contributed by atoms with Gasteiger partial charge in [-0.2, -0.15) is 0 Å². The first-order chi connectivity index (χ1) is 9.54. The standard InChI is InChI=1S/C14H17Br2NO3/c1-20-13(18)5-3-2-4-8-17-14(19)11-9-10(15)6-7-12(11)16/h6-7,9H,2-5,8H2,1H3,(H,17,19). The second-order valence-corrected chi connectivity index (χ2v) is 6.04. The average molecular weight is 407 g/mol. The van der Waals surface area contributed by atoms with Crippen molar-refractivity contribution in [1.29, 1.82) is 0 Å². The van der Waals surface area contributed by atoms with Crippen LogP contribution in [0.5, 0.6) is 0 Å². The number of carbonyl (C=O) groups excluding carboxylic acids is 2. The molecule has 1 amide bonds. The highest BCUT2D eigenvalue weighted by Crippen LogP contribution is 2.21. The lowest BCUT2D eigenvalue weighted by Crippen LogP contribution is -2.24. The van der Waals surface area contributed by atoms with Crippen LogP contribution in [0.15, 0.2) is 27.1 Å². The molecule has 0 spiro atoms. The van der Waals surface area contributed by atoms with Crippen molar-refractivity contribution < 1.29 is 14.3 Å². The summed E-state index contributed by atoms with van der Waals surface area (Å²) in [5.41, 5.74) is 0.605.